The van der Waals surface area contributed by atoms with E-state index in [1.165, 1.54) is 18.2 Å². The maximum absolute atomic E-state index is 11.5. The summed E-state index contributed by atoms with van der Waals surface area (Å²) in [6.45, 7) is 1.97. The second kappa shape index (κ2) is 7.51. The molecule has 27 heavy (non-hydrogen) atoms. The second-order valence-electron chi connectivity index (χ2n) is 5.82. The van der Waals surface area contributed by atoms with Crippen molar-refractivity contribution in [2.45, 2.75) is 18.2 Å². The average molecular weight is 468 g/mol. The Bertz CT molecular complexity index is 1120. The third-order valence-electron chi connectivity index (χ3n) is 4.02. The van der Waals surface area contributed by atoms with Crippen LogP contribution < -0.4 is 0 Å². The fraction of sp³-hybridized carbons (Fsp3) is 0.111. The molecule has 1 aliphatic carbocycles. The van der Waals surface area contributed by atoms with Crippen LogP contribution in [0.3, 0.4) is 0 Å². The van der Waals surface area contributed by atoms with E-state index in [-0.39, 0.29) is 10.5 Å². The van der Waals surface area contributed by atoms with Crippen LogP contribution in [0.2, 0.25) is 0 Å². The Balaban J connectivity index is 0.000000253. The highest BCUT2D eigenvalue weighted by atomic mass is 79.9. The number of thiazole rings is 1. The summed E-state index contributed by atoms with van der Waals surface area (Å²) in [5.41, 5.74) is 3.45. The van der Waals surface area contributed by atoms with Crippen LogP contribution in [0, 0.1) is 6.92 Å². The Morgan fingerprint density at radius 2 is 1.93 bits per heavy atom. The van der Waals surface area contributed by atoms with Crippen molar-refractivity contribution in [2.75, 3.05) is 0 Å². The monoisotopic (exact) mass is 467 g/mol. The third kappa shape index (κ3) is 4.11. The zero-order valence-corrected chi connectivity index (χ0v) is 17.2. The van der Waals surface area contributed by atoms with Crippen molar-refractivity contribution in [2.24, 2.45) is 0 Å². The van der Waals surface area contributed by atoms with Gasteiger partial charge in [0.2, 0.25) is 0 Å². The number of fused-ring (bicyclic) bond motifs is 3. The molecular formula is C18H14BrNO5S2. The molecule has 0 saturated carbocycles. The van der Waals surface area contributed by atoms with Crippen molar-refractivity contribution in [1.29, 1.82) is 0 Å². The molecule has 0 saturated heterocycles. The number of carboxylic acid groups (broad SMARTS) is 1. The number of benzene rings is 2. The van der Waals surface area contributed by atoms with Gasteiger partial charge in [0.25, 0.3) is 10.1 Å². The first-order valence-electron chi connectivity index (χ1n) is 7.71. The first kappa shape index (κ1) is 19.7. The minimum absolute atomic E-state index is 0.153. The summed E-state index contributed by atoms with van der Waals surface area (Å²) in [5, 5.41) is 11.2. The molecule has 0 bridgehead atoms. The van der Waals surface area contributed by atoms with Gasteiger partial charge in [-0.2, -0.15) is 8.42 Å². The number of rotatable bonds is 2. The summed E-state index contributed by atoms with van der Waals surface area (Å²) in [7, 11) is -4.35. The van der Waals surface area contributed by atoms with E-state index >= 15 is 0 Å². The molecular weight excluding hydrogens is 454 g/mol. The summed E-state index contributed by atoms with van der Waals surface area (Å²) in [4.78, 5) is 15.1. The maximum atomic E-state index is 11.5. The number of aromatic carboxylic acids is 1. The van der Waals surface area contributed by atoms with Crippen molar-refractivity contribution in [3.63, 3.8) is 0 Å². The zero-order valence-electron chi connectivity index (χ0n) is 14.0. The molecule has 6 nitrogen and oxygen atoms in total. The number of carbonyl (C=O) groups is 1. The SMILES string of the molecule is Cc1csc(Br)n1.O=C(O)c1cccc2c1Cc1cccc(S(=O)(=O)O)c1-2. The van der Waals surface area contributed by atoms with Gasteiger partial charge in [-0.25, -0.2) is 9.78 Å². The normalized spacial score (nSPS) is 12.0. The molecule has 0 unspecified atom stereocenters. The fourth-order valence-corrected chi connectivity index (χ4v) is 4.80. The standard InChI is InChI=1S/C14H10O5S.C4H4BrNS/c15-14(16)10-5-2-4-9-11(10)7-8-3-1-6-12(13(8)9)20(17,18)19;1-3-2-7-4(5)6-3/h1-6H,7H2,(H,15,16)(H,17,18,19);2H,1H3. The quantitative estimate of drug-likeness (QED) is 0.422. The summed E-state index contributed by atoms with van der Waals surface area (Å²) < 4.78 is 33.2. The maximum Gasteiger partial charge on any atom is 0.335 e. The van der Waals surface area contributed by atoms with Crippen LogP contribution in [0.15, 0.2) is 50.6 Å². The Morgan fingerprint density at radius 1 is 1.22 bits per heavy atom. The van der Waals surface area contributed by atoms with Gasteiger partial charge >= 0.3 is 5.97 Å². The molecule has 3 aromatic rings. The molecule has 1 aromatic heterocycles. The lowest BCUT2D eigenvalue weighted by molar-refractivity contribution is 0.0696. The minimum Gasteiger partial charge on any atom is -0.478 e. The lowest BCUT2D eigenvalue weighted by atomic mass is 10.0. The Labute approximate surface area is 168 Å². The van der Waals surface area contributed by atoms with Gasteiger partial charge in [0.05, 0.1) is 5.56 Å². The van der Waals surface area contributed by atoms with Crippen molar-refractivity contribution >= 4 is 43.4 Å². The van der Waals surface area contributed by atoms with Crippen LogP contribution in [0.4, 0.5) is 0 Å². The van der Waals surface area contributed by atoms with Crippen LogP contribution in [0.1, 0.15) is 27.2 Å². The lowest BCUT2D eigenvalue weighted by Gasteiger charge is -2.07. The highest BCUT2D eigenvalue weighted by Gasteiger charge is 2.28. The molecule has 2 aromatic carbocycles. The number of hydrogen-bond acceptors (Lipinski definition) is 5. The molecule has 9 heteroatoms. The van der Waals surface area contributed by atoms with Crippen LogP contribution in [-0.4, -0.2) is 29.0 Å². The Kier molecular flexibility index (Phi) is 5.48. The largest absolute Gasteiger partial charge is 0.478 e. The number of halogens is 1. The van der Waals surface area contributed by atoms with Crippen molar-refractivity contribution in [1.82, 2.24) is 4.98 Å². The highest BCUT2D eigenvalue weighted by molar-refractivity contribution is 9.11. The summed E-state index contributed by atoms with van der Waals surface area (Å²) in [6, 6.07) is 9.31. The van der Waals surface area contributed by atoms with E-state index in [4.69, 9.17) is 0 Å². The number of hydrogen-bond donors (Lipinski definition) is 2. The van der Waals surface area contributed by atoms with Crippen molar-refractivity contribution < 1.29 is 22.9 Å². The van der Waals surface area contributed by atoms with Crippen molar-refractivity contribution in [3.05, 3.63) is 68.1 Å². The van der Waals surface area contributed by atoms with Crippen molar-refractivity contribution in [3.8, 4) is 11.1 Å². The molecule has 0 fully saturated rings. The second-order valence-corrected chi connectivity index (χ2v) is 9.34. The van der Waals surface area contributed by atoms with Gasteiger partial charge in [0.1, 0.15) is 4.90 Å². The number of aromatic nitrogens is 1. The number of aryl methyl sites for hydroxylation is 1. The molecule has 0 amide bonds. The van der Waals surface area contributed by atoms with Crippen LogP contribution in [0.5, 0.6) is 0 Å². The van der Waals surface area contributed by atoms with Gasteiger partial charge in [-0.15, -0.1) is 11.3 Å². The van der Waals surface area contributed by atoms with Gasteiger partial charge in [0, 0.05) is 16.6 Å². The number of carboxylic acids is 1. The van der Waals surface area contributed by atoms with Gasteiger partial charge < -0.3 is 5.11 Å². The van der Waals surface area contributed by atoms with Gasteiger partial charge in [-0.05, 0) is 58.1 Å². The van der Waals surface area contributed by atoms with E-state index in [2.05, 4.69) is 20.9 Å². The molecule has 140 valence electrons. The van der Waals surface area contributed by atoms with Gasteiger partial charge in [0.15, 0.2) is 3.92 Å². The predicted molar refractivity (Wildman–Crippen MR) is 106 cm³/mol. The van der Waals surface area contributed by atoms with Crippen LogP contribution >= 0.6 is 27.3 Å². The topological polar surface area (TPSA) is 105 Å². The van der Waals surface area contributed by atoms with E-state index in [1.807, 2.05) is 12.3 Å². The summed E-state index contributed by atoms with van der Waals surface area (Å²) in [5.74, 6) is -1.05. The van der Waals surface area contributed by atoms with Crippen LogP contribution in [-0.2, 0) is 16.5 Å². The molecule has 1 aliphatic rings. The number of nitrogens with zero attached hydrogens (tertiary/aromatic N) is 1. The van der Waals surface area contributed by atoms with E-state index in [9.17, 15) is 22.9 Å². The van der Waals surface area contributed by atoms with Crippen LogP contribution in [0.25, 0.3) is 11.1 Å². The molecule has 0 radical (unpaired) electrons. The van der Waals surface area contributed by atoms with E-state index in [0.29, 0.717) is 28.7 Å². The molecule has 0 spiro atoms. The molecule has 0 atom stereocenters. The predicted octanol–water partition coefficient (Wildman–Crippen LogP) is 4.42. The smallest absolute Gasteiger partial charge is 0.335 e. The lowest BCUT2D eigenvalue weighted by Crippen LogP contribution is -2.02. The molecule has 4 rings (SSSR count). The molecule has 0 aliphatic heterocycles. The minimum atomic E-state index is -4.35. The first-order valence-corrected chi connectivity index (χ1v) is 10.8. The van der Waals surface area contributed by atoms with E-state index < -0.39 is 16.1 Å². The fourth-order valence-electron chi connectivity index (χ4n) is 2.97. The summed E-state index contributed by atoms with van der Waals surface area (Å²) >= 11 is 4.85. The van der Waals surface area contributed by atoms with Gasteiger partial charge in [-0.1, -0.05) is 24.3 Å². The molecule has 1 heterocycles. The third-order valence-corrected chi connectivity index (χ3v) is 6.40. The highest BCUT2D eigenvalue weighted by Crippen LogP contribution is 2.41. The zero-order chi connectivity index (χ0) is 19.8. The average Bonchev–Trinajstić information content (AvgIpc) is 3.16. The summed E-state index contributed by atoms with van der Waals surface area (Å²) in [6.07, 6.45) is 0.344. The van der Waals surface area contributed by atoms with E-state index in [1.54, 1.807) is 29.5 Å². The Hall–Kier alpha value is -2.07. The van der Waals surface area contributed by atoms with E-state index in [0.717, 1.165) is 9.61 Å². The Morgan fingerprint density at radius 3 is 2.44 bits per heavy atom. The van der Waals surface area contributed by atoms with Gasteiger partial charge in [-0.3, -0.25) is 4.55 Å². The first-order chi connectivity index (χ1) is 12.7. The molecule has 2 N–H and O–H groups in total.